The highest BCUT2D eigenvalue weighted by atomic mass is 15.2. The predicted molar refractivity (Wildman–Crippen MR) is 111 cm³/mol. The van der Waals surface area contributed by atoms with Gasteiger partial charge in [0.25, 0.3) is 0 Å². The van der Waals surface area contributed by atoms with Crippen molar-refractivity contribution in [2.75, 3.05) is 79.0 Å². The number of hydrogen-bond acceptors (Lipinski definition) is 5. The smallest absolute Gasteiger partial charge is 0.0107 e. The van der Waals surface area contributed by atoms with Gasteiger partial charge in [0.15, 0.2) is 0 Å². The van der Waals surface area contributed by atoms with Crippen LogP contribution in [0, 0.1) is 0 Å². The SMILES string of the molecule is CC.CC(CCN1CCNCC1)N1CCCCC1.CN1CCNCC1. The zero-order chi connectivity index (χ0) is 18.3. The van der Waals surface area contributed by atoms with Gasteiger partial charge in [0, 0.05) is 58.4 Å². The van der Waals surface area contributed by atoms with Gasteiger partial charge in [-0.15, -0.1) is 0 Å². The maximum Gasteiger partial charge on any atom is 0.0107 e. The van der Waals surface area contributed by atoms with Crippen LogP contribution in [0.25, 0.3) is 0 Å². The third-order valence-electron chi connectivity index (χ3n) is 5.43. The van der Waals surface area contributed by atoms with E-state index in [0.717, 1.165) is 19.1 Å². The number of piperidine rings is 1. The van der Waals surface area contributed by atoms with Crippen LogP contribution in [0.15, 0.2) is 0 Å². The predicted octanol–water partition coefficient (Wildman–Crippen LogP) is 1.70. The molecule has 3 saturated heterocycles. The molecule has 25 heavy (non-hydrogen) atoms. The van der Waals surface area contributed by atoms with Gasteiger partial charge in [-0.25, -0.2) is 0 Å². The van der Waals surface area contributed by atoms with Crippen molar-refractivity contribution in [1.82, 2.24) is 25.3 Å². The lowest BCUT2D eigenvalue weighted by Gasteiger charge is -2.34. The molecular formula is C20H45N5. The molecule has 0 radical (unpaired) electrons. The van der Waals surface area contributed by atoms with E-state index in [-0.39, 0.29) is 0 Å². The standard InChI is InChI=1S/C13H27N3.C5H12N2.C2H6/c1-13(16-8-3-2-4-9-16)5-10-15-11-6-14-7-12-15;1-7-4-2-6-3-5-7;1-2/h13-14H,2-12H2,1H3;6H,2-5H2,1H3;1-2H3. The lowest BCUT2D eigenvalue weighted by atomic mass is 10.1. The molecule has 0 bridgehead atoms. The molecule has 0 aromatic rings. The summed E-state index contributed by atoms with van der Waals surface area (Å²) in [5.74, 6) is 0. The van der Waals surface area contributed by atoms with Crippen LogP contribution in [0.5, 0.6) is 0 Å². The Bertz CT molecular complexity index is 282. The second kappa shape index (κ2) is 14.9. The molecule has 3 fully saturated rings. The summed E-state index contributed by atoms with van der Waals surface area (Å²) in [5.41, 5.74) is 0. The molecule has 0 amide bonds. The minimum absolute atomic E-state index is 0.787. The van der Waals surface area contributed by atoms with Crippen LogP contribution in [0.1, 0.15) is 46.5 Å². The molecule has 5 heteroatoms. The van der Waals surface area contributed by atoms with Gasteiger partial charge >= 0.3 is 0 Å². The number of likely N-dealkylation sites (tertiary alicyclic amines) is 1. The monoisotopic (exact) mass is 355 g/mol. The van der Waals surface area contributed by atoms with E-state index in [1.807, 2.05) is 13.8 Å². The second-order valence-electron chi connectivity index (χ2n) is 7.38. The number of rotatable bonds is 4. The van der Waals surface area contributed by atoms with Gasteiger partial charge in [0.2, 0.25) is 0 Å². The van der Waals surface area contributed by atoms with Crippen molar-refractivity contribution < 1.29 is 0 Å². The van der Waals surface area contributed by atoms with Crippen molar-refractivity contribution in [2.24, 2.45) is 0 Å². The Labute approximate surface area is 157 Å². The van der Waals surface area contributed by atoms with Crippen molar-refractivity contribution in [2.45, 2.75) is 52.5 Å². The summed E-state index contributed by atoms with van der Waals surface area (Å²) in [6.07, 6.45) is 5.62. The number of likely N-dealkylation sites (N-methyl/N-ethyl adjacent to an activating group) is 1. The van der Waals surface area contributed by atoms with E-state index < -0.39 is 0 Å². The van der Waals surface area contributed by atoms with Crippen molar-refractivity contribution >= 4 is 0 Å². The molecule has 3 heterocycles. The molecule has 3 aliphatic heterocycles. The summed E-state index contributed by atoms with van der Waals surface area (Å²) >= 11 is 0. The van der Waals surface area contributed by atoms with Crippen LogP contribution < -0.4 is 10.6 Å². The van der Waals surface area contributed by atoms with Gasteiger partial charge in [-0.1, -0.05) is 20.3 Å². The number of nitrogens with one attached hydrogen (secondary N) is 2. The first-order valence-electron chi connectivity index (χ1n) is 10.8. The highest BCUT2D eigenvalue weighted by Crippen LogP contribution is 2.14. The van der Waals surface area contributed by atoms with E-state index in [9.17, 15) is 0 Å². The Morgan fingerprint density at radius 2 is 1.28 bits per heavy atom. The molecule has 0 aromatic carbocycles. The highest BCUT2D eigenvalue weighted by molar-refractivity contribution is 4.74. The molecule has 150 valence electrons. The topological polar surface area (TPSA) is 33.8 Å². The van der Waals surface area contributed by atoms with Gasteiger partial charge in [0.05, 0.1) is 0 Å². The zero-order valence-electron chi connectivity index (χ0n) is 17.5. The van der Waals surface area contributed by atoms with Crippen LogP contribution >= 0.6 is 0 Å². The Morgan fingerprint density at radius 3 is 1.76 bits per heavy atom. The van der Waals surface area contributed by atoms with Crippen LogP contribution in [0.4, 0.5) is 0 Å². The van der Waals surface area contributed by atoms with Crippen molar-refractivity contribution in [1.29, 1.82) is 0 Å². The maximum atomic E-state index is 3.41. The van der Waals surface area contributed by atoms with E-state index in [1.54, 1.807) is 0 Å². The fraction of sp³-hybridized carbons (Fsp3) is 1.00. The van der Waals surface area contributed by atoms with E-state index in [4.69, 9.17) is 0 Å². The summed E-state index contributed by atoms with van der Waals surface area (Å²) in [7, 11) is 2.15. The Balaban J connectivity index is 0.000000290. The average molecular weight is 356 g/mol. The normalized spacial score (nSPS) is 24.5. The summed E-state index contributed by atoms with van der Waals surface area (Å²) < 4.78 is 0. The lowest BCUT2D eigenvalue weighted by molar-refractivity contribution is 0.145. The quantitative estimate of drug-likeness (QED) is 0.802. The molecule has 3 aliphatic rings. The number of hydrogen-bond donors (Lipinski definition) is 2. The maximum absolute atomic E-state index is 3.41. The first-order chi connectivity index (χ1) is 12.3. The average Bonchev–Trinajstić information content (AvgIpc) is 2.70. The summed E-state index contributed by atoms with van der Waals surface area (Å²) in [6.45, 7) is 20.0. The highest BCUT2D eigenvalue weighted by Gasteiger charge is 2.17. The van der Waals surface area contributed by atoms with Crippen molar-refractivity contribution in [3.8, 4) is 0 Å². The third-order valence-corrected chi connectivity index (χ3v) is 5.43. The molecule has 3 rings (SSSR count). The van der Waals surface area contributed by atoms with Crippen LogP contribution in [0.2, 0.25) is 0 Å². The minimum Gasteiger partial charge on any atom is -0.314 e. The fourth-order valence-electron chi connectivity index (χ4n) is 3.62. The van der Waals surface area contributed by atoms with E-state index in [0.29, 0.717) is 0 Å². The Hall–Kier alpha value is -0.200. The summed E-state index contributed by atoms with van der Waals surface area (Å²) in [4.78, 5) is 7.62. The molecule has 0 aliphatic carbocycles. The van der Waals surface area contributed by atoms with Crippen LogP contribution in [0.3, 0.4) is 0 Å². The molecule has 0 aromatic heterocycles. The zero-order valence-corrected chi connectivity index (χ0v) is 17.5. The third kappa shape index (κ3) is 10.5. The van der Waals surface area contributed by atoms with Gasteiger partial charge in [-0.3, -0.25) is 0 Å². The number of nitrogens with zero attached hydrogens (tertiary/aromatic N) is 3. The molecule has 0 saturated carbocycles. The second-order valence-corrected chi connectivity index (χ2v) is 7.38. The van der Waals surface area contributed by atoms with Crippen molar-refractivity contribution in [3.63, 3.8) is 0 Å². The van der Waals surface area contributed by atoms with Gasteiger partial charge in [-0.05, 0) is 52.9 Å². The Kier molecular flexibility index (Phi) is 13.6. The molecule has 0 spiro atoms. The largest absolute Gasteiger partial charge is 0.314 e. The fourth-order valence-corrected chi connectivity index (χ4v) is 3.62. The molecule has 1 atom stereocenters. The Morgan fingerprint density at radius 1 is 0.760 bits per heavy atom. The summed E-state index contributed by atoms with van der Waals surface area (Å²) in [5, 5.41) is 6.69. The van der Waals surface area contributed by atoms with Gasteiger partial charge in [0.1, 0.15) is 0 Å². The first-order valence-corrected chi connectivity index (χ1v) is 10.8. The van der Waals surface area contributed by atoms with E-state index in [1.165, 1.54) is 84.6 Å². The van der Waals surface area contributed by atoms with E-state index >= 15 is 0 Å². The van der Waals surface area contributed by atoms with Gasteiger partial charge < -0.3 is 25.3 Å². The van der Waals surface area contributed by atoms with E-state index in [2.05, 4.69) is 39.3 Å². The van der Waals surface area contributed by atoms with Gasteiger partial charge in [-0.2, -0.15) is 0 Å². The minimum atomic E-state index is 0.787. The lowest BCUT2D eigenvalue weighted by Crippen LogP contribution is -2.45. The summed E-state index contributed by atoms with van der Waals surface area (Å²) in [6, 6.07) is 0.787. The molecule has 1 unspecified atom stereocenters. The molecule has 2 N–H and O–H groups in total. The molecular weight excluding hydrogens is 310 g/mol. The number of piperazine rings is 2. The van der Waals surface area contributed by atoms with Crippen LogP contribution in [-0.2, 0) is 0 Å². The van der Waals surface area contributed by atoms with Crippen LogP contribution in [-0.4, -0.2) is 99.8 Å². The first kappa shape index (κ1) is 22.8. The molecule has 5 nitrogen and oxygen atoms in total. The van der Waals surface area contributed by atoms with Crippen molar-refractivity contribution in [3.05, 3.63) is 0 Å².